The lowest BCUT2D eigenvalue weighted by Gasteiger charge is -2.08. The average Bonchev–Trinajstić information content (AvgIpc) is 2.53. The molecule has 0 saturated heterocycles. The molecule has 21 heavy (non-hydrogen) atoms. The van der Waals surface area contributed by atoms with Crippen molar-refractivity contribution in [3.05, 3.63) is 59.7 Å². The molecular formula is C16H13BrN2O2. The monoisotopic (exact) mass is 344 g/mol. The van der Waals surface area contributed by atoms with Crippen LogP contribution in [0.3, 0.4) is 0 Å². The second-order valence-corrected chi connectivity index (χ2v) is 4.82. The molecule has 0 aliphatic rings. The summed E-state index contributed by atoms with van der Waals surface area (Å²) in [6, 6.07) is 16.2. The first-order chi connectivity index (χ1) is 10.2. The van der Waals surface area contributed by atoms with Crippen LogP contribution in [0.1, 0.15) is 15.9 Å². The number of alkyl halides is 1. The fourth-order valence-electron chi connectivity index (χ4n) is 1.73. The Morgan fingerprint density at radius 2 is 2.00 bits per heavy atom. The van der Waals surface area contributed by atoms with Crippen LogP contribution in [-0.2, 0) is 5.33 Å². The zero-order chi connectivity index (χ0) is 15.1. The third-order valence-electron chi connectivity index (χ3n) is 2.77. The molecule has 0 aliphatic heterocycles. The van der Waals surface area contributed by atoms with E-state index in [0.29, 0.717) is 17.0 Å². The number of anilines is 1. The lowest BCUT2D eigenvalue weighted by Crippen LogP contribution is -2.11. The van der Waals surface area contributed by atoms with E-state index < -0.39 is 0 Å². The number of nitrogens with zero attached hydrogens (tertiary/aromatic N) is 1. The molecule has 106 valence electrons. The van der Waals surface area contributed by atoms with Gasteiger partial charge in [-0.2, -0.15) is 5.26 Å². The summed E-state index contributed by atoms with van der Waals surface area (Å²) in [5.74, 6) is 0.359. The van der Waals surface area contributed by atoms with E-state index in [0.717, 1.165) is 10.9 Å². The van der Waals surface area contributed by atoms with Crippen molar-refractivity contribution in [2.75, 3.05) is 11.9 Å². The Kier molecular flexibility index (Phi) is 5.35. The average molecular weight is 345 g/mol. The maximum Gasteiger partial charge on any atom is 0.255 e. The number of halogens is 1. The van der Waals surface area contributed by atoms with Crippen LogP contribution in [0.4, 0.5) is 5.69 Å². The highest BCUT2D eigenvalue weighted by molar-refractivity contribution is 9.08. The molecule has 2 rings (SSSR count). The molecule has 0 saturated carbocycles. The van der Waals surface area contributed by atoms with Gasteiger partial charge in [0.1, 0.15) is 11.8 Å². The van der Waals surface area contributed by atoms with Crippen molar-refractivity contribution < 1.29 is 9.53 Å². The third-order valence-corrected chi connectivity index (χ3v) is 3.41. The van der Waals surface area contributed by atoms with E-state index in [-0.39, 0.29) is 12.5 Å². The molecule has 0 radical (unpaired) electrons. The molecule has 2 aromatic rings. The van der Waals surface area contributed by atoms with Gasteiger partial charge in [-0.15, -0.1) is 0 Å². The summed E-state index contributed by atoms with van der Waals surface area (Å²) in [5, 5.41) is 12.0. The molecular weight excluding hydrogens is 332 g/mol. The lowest BCUT2D eigenvalue weighted by molar-refractivity contribution is 0.102. The van der Waals surface area contributed by atoms with Crippen LogP contribution in [0, 0.1) is 11.3 Å². The Labute approximate surface area is 131 Å². The summed E-state index contributed by atoms with van der Waals surface area (Å²) >= 11 is 3.36. The van der Waals surface area contributed by atoms with Gasteiger partial charge in [-0.1, -0.05) is 34.1 Å². The molecule has 1 amide bonds. The zero-order valence-corrected chi connectivity index (χ0v) is 12.8. The topological polar surface area (TPSA) is 62.1 Å². The highest BCUT2D eigenvalue weighted by atomic mass is 79.9. The molecule has 0 spiro atoms. The van der Waals surface area contributed by atoms with Crippen molar-refractivity contribution >= 4 is 27.5 Å². The minimum Gasteiger partial charge on any atom is -0.479 e. The van der Waals surface area contributed by atoms with Gasteiger partial charge in [-0.3, -0.25) is 4.79 Å². The van der Waals surface area contributed by atoms with E-state index in [9.17, 15) is 4.79 Å². The number of nitriles is 1. The Morgan fingerprint density at radius 1 is 1.24 bits per heavy atom. The minimum absolute atomic E-state index is 0.0224. The second-order valence-electron chi connectivity index (χ2n) is 4.26. The van der Waals surface area contributed by atoms with Gasteiger partial charge in [0, 0.05) is 22.6 Å². The molecule has 0 heterocycles. The van der Waals surface area contributed by atoms with Crippen molar-refractivity contribution in [2.24, 2.45) is 0 Å². The Balaban J connectivity index is 2.06. The molecule has 0 bridgehead atoms. The first-order valence-corrected chi connectivity index (χ1v) is 7.41. The van der Waals surface area contributed by atoms with Gasteiger partial charge in [0.25, 0.3) is 5.91 Å². The van der Waals surface area contributed by atoms with Crippen molar-refractivity contribution in [1.29, 1.82) is 5.26 Å². The highest BCUT2D eigenvalue weighted by Gasteiger charge is 2.06. The zero-order valence-electron chi connectivity index (χ0n) is 11.2. The quantitative estimate of drug-likeness (QED) is 0.840. The Morgan fingerprint density at radius 3 is 2.67 bits per heavy atom. The van der Waals surface area contributed by atoms with E-state index in [1.54, 1.807) is 36.4 Å². The largest absolute Gasteiger partial charge is 0.479 e. The molecule has 2 aromatic carbocycles. The Bertz CT molecular complexity index is 663. The number of benzene rings is 2. The molecule has 0 fully saturated rings. The number of hydrogen-bond donors (Lipinski definition) is 1. The smallest absolute Gasteiger partial charge is 0.255 e. The van der Waals surface area contributed by atoms with Gasteiger partial charge < -0.3 is 10.1 Å². The van der Waals surface area contributed by atoms with E-state index in [4.69, 9.17) is 10.00 Å². The van der Waals surface area contributed by atoms with E-state index in [1.165, 1.54) is 0 Å². The van der Waals surface area contributed by atoms with Gasteiger partial charge in [0.05, 0.1) is 0 Å². The van der Waals surface area contributed by atoms with Crippen molar-refractivity contribution in [2.45, 2.75) is 5.33 Å². The standard InChI is InChI=1S/C16H13BrN2O2/c17-11-12-4-6-13(7-5-12)16(20)19-14-2-1-3-15(10-14)21-9-8-18/h1-7,10H,9,11H2,(H,19,20). The summed E-state index contributed by atoms with van der Waals surface area (Å²) in [7, 11) is 0. The van der Waals surface area contributed by atoms with E-state index >= 15 is 0 Å². The fourth-order valence-corrected chi connectivity index (χ4v) is 2.10. The lowest BCUT2D eigenvalue weighted by atomic mass is 10.1. The number of hydrogen-bond acceptors (Lipinski definition) is 3. The second kappa shape index (κ2) is 7.46. The molecule has 1 N–H and O–H groups in total. The van der Waals surface area contributed by atoms with Crippen LogP contribution >= 0.6 is 15.9 Å². The summed E-state index contributed by atoms with van der Waals surface area (Å²) in [6.45, 7) is -0.0224. The fraction of sp³-hybridized carbons (Fsp3) is 0.125. The normalized spacial score (nSPS) is 9.71. The van der Waals surface area contributed by atoms with E-state index in [2.05, 4.69) is 21.2 Å². The summed E-state index contributed by atoms with van der Waals surface area (Å²) in [4.78, 5) is 12.1. The van der Waals surface area contributed by atoms with Crippen LogP contribution in [0.15, 0.2) is 48.5 Å². The molecule has 0 unspecified atom stereocenters. The highest BCUT2D eigenvalue weighted by Crippen LogP contribution is 2.18. The molecule has 0 aliphatic carbocycles. The van der Waals surface area contributed by atoms with Crippen molar-refractivity contribution in [1.82, 2.24) is 0 Å². The number of carbonyl (C=O) groups excluding carboxylic acids is 1. The van der Waals surface area contributed by atoms with Crippen molar-refractivity contribution in [3.63, 3.8) is 0 Å². The van der Waals surface area contributed by atoms with Crippen LogP contribution in [0.2, 0.25) is 0 Å². The number of nitrogens with one attached hydrogen (secondary N) is 1. The molecule has 4 nitrogen and oxygen atoms in total. The number of amides is 1. The maximum atomic E-state index is 12.1. The van der Waals surface area contributed by atoms with Gasteiger partial charge in [-0.05, 0) is 29.8 Å². The van der Waals surface area contributed by atoms with Gasteiger partial charge in [0.2, 0.25) is 0 Å². The predicted molar refractivity (Wildman–Crippen MR) is 84.6 cm³/mol. The van der Waals surface area contributed by atoms with Gasteiger partial charge in [-0.25, -0.2) is 0 Å². The summed E-state index contributed by atoms with van der Waals surface area (Å²) in [6.07, 6.45) is 0. The summed E-state index contributed by atoms with van der Waals surface area (Å²) < 4.78 is 5.20. The third kappa shape index (κ3) is 4.33. The van der Waals surface area contributed by atoms with E-state index in [1.807, 2.05) is 18.2 Å². The minimum atomic E-state index is -0.187. The first-order valence-electron chi connectivity index (χ1n) is 6.29. The molecule has 0 aromatic heterocycles. The van der Waals surface area contributed by atoms with Crippen LogP contribution < -0.4 is 10.1 Å². The molecule has 0 atom stereocenters. The number of rotatable bonds is 5. The van der Waals surface area contributed by atoms with Crippen molar-refractivity contribution in [3.8, 4) is 11.8 Å². The van der Waals surface area contributed by atoms with Crippen LogP contribution in [0.5, 0.6) is 5.75 Å². The SMILES string of the molecule is N#CCOc1cccc(NC(=O)c2ccc(CBr)cc2)c1. The van der Waals surface area contributed by atoms with Gasteiger partial charge in [0.15, 0.2) is 6.61 Å². The van der Waals surface area contributed by atoms with Gasteiger partial charge >= 0.3 is 0 Å². The predicted octanol–water partition coefficient (Wildman–Crippen LogP) is 3.74. The first kappa shape index (κ1) is 15.1. The summed E-state index contributed by atoms with van der Waals surface area (Å²) in [5.41, 5.74) is 2.32. The maximum absolute atomic E-state index is 12.1. The van der Waals surface area contributed by atoms with Crippen LogP contribution in [-0.4, -0.2) is 12.5 Å². The molecule has 5 heteroatoms. The number of ether oxygens (including phenoxy) is 1. The Hall–Kier alpha value is -2.32. The number of carbonyl (C=O) groups is 1. The van der Waals surface area contributed by atoms with Crippen LogP contribution in [0.25, 0.3) is 0 Å².